The third-order valence-electron chi connectivity index (χ3n) is 2.52. The molecule has 0 fully saturated rings. The zero-order valence-corrected chi connectivity index (χ0v) is 10.6. The lowest BCUT2D eigenvalue weighted by atomic mass is 10.2. The van der Waals surface area contributed by atoms with Crippen molar-refractivity contribution >= 4 is 28.7 Å². The number of oxazole rings is 1. The van der Waals surface area contributed by atoms with Crippen LogP contribution in [0.4, 0.5) is 10.5 Å². The van der Waals surface area contributed by atoms with Crippen LogP contribution in [0.5, 0.6) is 0 Å². The van der Waals surface area contributed by atoms with Gasteiger partial charge in [0, 0.05) is 12.6 Å². The Hall–Kier alpha value is -2.57. The number of carbonyl (C=O) groups is 2. The van der Waals surface area contributed by atoms with Gasteiger partial charge in [-0.3, -0.25) is 10.1 Å². The van der Waals surface area contributed by atoms with Crippen molar-refractivity contribution in [2.45, 2.75) is 19.9 Å². The summed E-state index contributed by atoms with van der Waals surface area (Å²) in [4.78, 5) is 26.3. The van der Waals surface area contributed by atoms with E-state index in [0.717, 1.165) is 0 Å². The van der Waals surface area contributed by atoms with Crippen LogP contribution < -0.4 is 16.4 Å². The molecule has 0 spiro atoms. The highest BCUT2D eigenvalue weighted by Crippen LogP contribution is 2.20. The molecule has 1 aromatic heterocycles. The Bertz CT molecular complexity index is 635. The number of benzene rings is 1. The molecule has 4 N–H and O–H groups in total. The van der Waals surface area contributed by atoms with Crippen molar-refractivity contribution < 1.29 is 14.0 Å². The number of primary amides is 1. The number of hydrogen-bond donors (Lipinski definition) is 3. The van der Waals surface area contributed by atoms with Crippen molar-refractivity contribution in [2.75, 3.05) is 5.32 Å². The molecule has 19 heavy (non-hydrogen) atoms. The number of aryl methyl sites for hydroxylation is 1. The molecule has 0 aliphatic carbocycles. The summed E-state index contributed by atoms with van der Waals surface area (Å²) in [5.41, 5.74) is 6.96. The first-order valence-electron chi connectivity index (χ1n) is 5.70. The van der Waals surface area contributed by atoms with Crippen molar-refractivity contribution in [2.24, 2.45) is 5.73 Å². The van der Waals surface area contributed by atoms with Crippen molar-refractivity contribution in [1.29, 1.82) is 0 Å². The molecule has 3 amide bonds. The molecule has 2 aromatic rings. The lowest BCUT2D eigenvalue weighted by Crippen LogP contribution is -2.43. The quantitative estimate of drug-likeness (QED) is 0.768. The number of nitrogens with two attached hydrogens (primary N) is 1. The smallest absolute Gasteiger partial charge is 0.318 e. The van der Waals surface area contributed by atoms with E-state index in [1.165, 1.54) is 0 Å². The number of fused-ring (bicyclic) bond motifs is 1. The predicted molar refractivity (Wildman–Crippen MR) is 69.6 cm³/mol. The molecule has 1 atom stereocenters. The third-order valence-corrected chi connectivity index (χ3v) is 2.52. The van der Waals surface area contributed by atoms with Gasteiger partial charge in [-0.15, -0.1) is 0 Å². The van der Waals surface area contributed by atoms with E-state index in [0.29, 0.717) is 22.7 Å². The molecule has 1 aromatic carbocycles. The summed E-state index contributed by atoms with van der Waals surface area (Å²) in [6.07, 6.45) is 0. The number of rotatable bonds is 3. The van der Waals surface area contributed by atoms with Gasteiger partial charge in [0.05, 0.1) is 0 Å². The highest BCUT2D eigenvalue weighted by atomic mass is 16.3. The molecule has 0 saturated carbocycles. The average molecular weight is 262 g/mol. The Morgan fingerprint density at radius 2 is 2.16 bits per heavy atom. The van der Waals surface area contributed by atoms with Gasteiger partial charge in [0.1, 0.15) is 11.6 Å². The van der Waals surface area contributed by atoms with Crippen molar-refractivity contribution in [3.8, 4) is 0 Å². The molecule has 2 rings (SSSR count). The summed E-state index contributed by atoms with van der Waals surface area (Å²) in [6, 6.07) is 3.82. The van der Waals surface area contributed by atoms with Gasteiger partial charge < -0.3 is 15.5 Å². The molecular weight excluding hydrogens is 248 g/mol. The first-order chi connectivity index (χ1) is 8.95. The fourth-order valence-electron chi connectivity index (χ4n) is 1.68. The number of hydrogen-bond acceptors (Lipinski definition) is 5. The van der Waals surface area contributed by atoms with Crippen LogP contribution in [0.15, 0.2) is 22.6 Å². The van der Waals surface area contributed by atoms with Gasteiger partial charge in [0.15, 0.2) is 11.5 Å². The fourth-order valence-corrected chi connectivity index (χ4v) is 1.68. The minimum absolute atomic E-state index is 0.496. The Labute approximate surface area is 109 Å². The zero-order valence-electron chi connectivity index (χ0n) is 10.6. The van der Waals surface area contributed by atoms with Gasteiger partial charge in [-0.25, -0.2) is 9.78 Å². The number of anilines is 1. The maximum Gasteiger partial charge on any atom is 0.318 e. The lowest BCUT2D eigenvalue weighted by molar-refractivity contribution is -0.120. The van der Waals surface area contributed by atoms with E-state index in [4.69, 9.17) is 10.2 Å². The minimum atomic E-state index is -0.874. The lowest BCUT2D eigenvalue weighted by Gasteiger charge is -2.13. The highest BCUT2D eigenvalue weighted by molar-refractivity contribution is 5.97. The maximum absolute atomic E-state index is 11.5. The second-order valence-corrected chi connectivity index (χ2v) is 4.13. The molecule has 0 aliphatic heterocycles. The van der Waals surface area contributed by atoms with Gasteiger partial charge in [0.25, 0.3) is 0 Å². The normalized spacial score (nSPS) is 12.1. The first-order valence-corrected chi connectivity index (χ1v) is 5.70. The van der Waals surface area contributed by atoms with Crippen molar-refractivity contribution in [3.05, 3.63) is 24.1 Å². The number of nitrogens with one attached hydrogen (secondary N) is 2. The van der Waals surface area contributed by atoms with E-state index < -0.39 is 18.0 Å². The number of imide groups is 1. The van der Waals surface area contributed by atoms with Gasteiger partial charge in [-0.1, -0.05) is 0 Å². The molecule has 7 nitrogen and oxygen atoms in total. The van der Waals surface area contributed by atoms with Crippen molar-refractivity contribution in [3.63, 3.8) is 0 Å². The first kappa shape index (κ1) is 12.9. The topological polar surface area (TPSA) is 110 Å². The van der Waals surface area contributed by atoms with Crippen molar-refractivity contribution in [1.82, 2.24) is 10.3 Å². The molecule has 0 aliphatic rings. The Balaban J connectivity index is 2.12. The third kappa shape index (κ3) is 3.01. The number of amides is 3. The second kappa shape index (κ2) is 4.97. The van der Waals surface area contributed by atoms with Crippen LogP contribution in [-0.4, -0.2) is 23.0 Å². The van der Waals surface area contributed by atoms with E-state index >= 15 is 0 Å². The highest BCUT2D eigenvalue weighted by Gasteiger charge is 2.14. The van der Waals surface area contributed by atoms with E-state index in [2.05, 4.69) is 10.3 Å². The van der Waals surface area contributed by atoms with E-state index in [-0.39, 0.29) is 0 Å². The Kier molecular flexibility index (Phi) is 3.37. The molecule has 0 bridgehead atoms. The molecule has 100 valence electrons. The Morgan fingerprint density at radius 1 is 1.42 bits per heavy atom. The second-order valence-electron chi connectivity index (χ2n) is 4.13. The number of urea groups is 1. The van der Waals surface area contributed by atoms with Gasteiger partial charge in [0.2, 0.25) is 5.91 Å². The molecule has 0 radical (unpaired) electrons. The Morgan fingerprint density at radius 3 is 2.84 bits per heavy atom. The van der Waals surface area contributed by atoms with E-state index in [1.54, 1.807) is 32.0 Å². The standard InChI is InChI=1S/C12H14N4O3/c1-6(11(17)16-12(13)18)14-8-3-4-10-9(5-8)15-7(2)19-10/h3-6,14H,1-2H3,(H3,13,16,17,18)/t6-/m1/s1. The summed E-state index contributed by atoms with van der Waals surface area (Å²) in [5, 5.41) is 4.95. The van der Waals surface area contributed by atoms with Crippen LogP contribution in [0.2, 0.25) is 0 Å². The average Bonchev–Trinajstić information content (AvgIpc) is 2.67. The number of nitrogens with zero attached hydrogens (tertiary/aromatic N) is 1. The summed E-state index contributed by atoms with van der Waals surface area (Å²) in [5.74, 6) is 0.0793. The predicted octanol–water partition coefficient (Wildman–Crippen LogP) is 1.13. The molecular formula is C12H14N4O3. The largest absolute Gasteiger partial charge is 0.441 e. The van der Waals surface area contributed by atoms with Crippen LogP contribution in [0.25, 0.3) is 11.1 Å². The van der Waals surface area contributed by atoms with Crippen LogP contribution in [0, 0.1) is 6.92 Å². The monoisotopic (exact) mass is 262 g/mol. The molecule has 7 heteroatoms. The van der Waals surface area contributed by atoms with Crippen LogP contribution >= 0.6 is 0 Å². The summed E-state index contributed by atoms with van der Waals surface area (Å²) in [6.45, 7) is 3.38. The van der Waals surface area contributed by atoms with Crippen LogP contribution in [-0.2, 0) is 4.79 Å². The maximum atomic E-state index is 11.5. The van der Waals surface area contributed by atoms with Crippen LogP contribution in [0.3, 0.4) is 0 Å². The molecule has 1 heterocycles. The summed E-state index contributed by atoms with van der Waals surface area (Å²) in [7, 11) is 0. The number of aromatic nitrogens is 1. The minimum Gasteiger partial charge on any atom is -0.441 e. The SMILES string of the molecule is Cc1nc2cc(N[C@H](C)C(=O)NC(N)=O)ccc2o1. The molecule has 0 saturated heterocycles. The fraction of sp³-hybridized carbons (Fsp3) is 0.250. The van der Waals surface area contributed by atoms with Gasteiger partial charge >= 0.3 is 6.03 Å². The zero-order chi connectivity index (χ0) is 14.0. The van der Waals surface area contributed by atoms with Crippen LogP contribution in [0.1, 0.15) is 12.8 Å². The van der Waals surface area contributed by atoms with E-state index in [1.807, 2.05) is 5.32 Å². The molecule has 0 unspecified atom stereocenters. The van der Waals surface area contributed by atoms with Gasteiger partial charge in [-0.05, 0) is 25.1 Å². The van der Waals surface area contributed by atoms with E-state index in [9.17, 15) is 9.59 Å². The number of carbonyl (C=O) groups excluding carboxylic acids is 2. The van der Waals surface area contributed by atoms with Gasteiger partial charge in [-0.2, -0.15) is 0 Å². The summed E-state index contributed by atoms with van der Waals surface area (Å²) < 4.78 is 5.35. The summed E-state index contributed by atoms with van der Waals surface area (Å²) >= 11 is 0.